The van der Waals surface area contributed by atoms with E-state index in [1.807, 2.05) is 0 Å². The fraction of sp³-hybridized carbons (Fsp3) is 0.765. The van der Waals surface area contributed by atoms with E-state index in [1.54, 1.807) is 5.57 Å². The van der Waals surface area contributed by atoms with Gasteiger partial charge in [0, 0.05) is 0 Å². The van der Waals surface area contributed by atoms with Crippen LogP contribution in [0.1, 0.15) is 71.1 Å². The topological polar surface area (TPSA) is 0 Å². The Morgan fingerprint density at radius 2 is 2.06 bits per heavy atom. The van der Waals surface area contributed by atoms with Crippen LogP contribution in [0.4, 0.5) is 0 Å². The highest BCUT2D eigenvalue weighted by molar-refractivity contribution is 5.21. The average Bonchev–Trinajstić information content (AvgIpc) is 2.74. The molecule has 2 unspecified atom stereocenters. The molecule has 0 bridgehead atoms. The van der Waals surface area contributed by atoms with Crippen molar-refractivity contribution in [2.24, 2.45) is 11.8 Å². The summed E-state index contributed by atoms with van der Waals surface area (Å²) in [7, 11) is 0. The summed E-state index contributed by atoms with van der Waals surface area (Å²) in [5.41, 5.74) is 1.80. The van der Waals surface area contributed by atoms with Gasteiger partial charge >= 0.3 is 0 Å². The normalized spacial score (nSPS) is 34.8. The van der Waals surface area contributed by atoms with Crippen LogP contribution in [-0.4, -0.2) is 0 Å². The first-order valence-electron chi connectivity index (χ1n) is 7.78. The summed E-state index contributed by atoms with van der Waals surface area (Å²) in [5.74, 6) is 1.85. The highest BCUT2D eigenvalue weighted by atomic mass is 14.3. The summed E-state index contributed by atoms with van der Waals surface area (Å²) >= 11 is 0. The Balaban J connectivity index is 2.02. The van der Waals surface area contributed by atoms with E-state index in [-0.39, 0.29) is 0 Å². The lowest BCUT2D eigenvalue weighted by molar-refractivity contribution is 0.519. The molecule has 0 saturated heterocycles. The quantitative estimate of drug-likeness (QED) is 0.590. The Morgan fingerprint density at radius 3 is 2.94 bits per heavy atom. The van der Waals surface area contributed by atoms with Crippen molar-refractivity contribution >= 4 is 0 Å². The van der Waals surface area contributed by atoms with E-state index in [0.29, 0.717) is 0 Å². The zero-order valence-corrected chi connectivity index (χ0v) is 11.5. The summed E-state index contributed by atoms with van der Waals surface area (Å²) in [6.07, 6.45) is 21.4. The minimum Gasteiger partial charge on any atom is -0.0845 e. The van der Waals surface area contributed by atoms with Gasteiger partial charge < -0.3 is 0 Å². The minimum atomic E-state index is 0.920. The van der Waals surface area contributed by atoms with E-state index in [2.05, 4.69) is 25.2 Å². The Morgan fingerprint density at radius 1 is 1.12 bits per heavy atom. The highest BCUT2D eigenvalue weighted by Crippen LogP contribution is 2.42. The number of hydrogen-bond donors (Lipinski definition) is 0. The van der Waals surface area contributed by atoms with Gasteiger partial charge in [-0.1, -0.05) is 56.4 Å². The second-order valence-electron chi connectivity index (χ2n) is 5.85. The maximum Gasteiger partial charge on any atom is -0.0197 e. The number of allylic oxidation sites excluding steroid dienone is 4. The lowest BCUT2D eigenvalue weighted by Gasteiger charge is -2.17. The van der Waals surface area contributed by atoms with E-state index < -0.39 is 0 Å². The van der Waals surface area contributed by atoms with Crippen molar-refractivity contribution < 1.29 is 0 Å². The van der Waals surface area contributed by atoms with Crippen molar-refractivity contribution in [3.8, 4) is 0 Å². The van der Waals surface area contributed by atoms with Crippen LogP contribution in [0.3, 0.4) is 0 Å². The van der Waals surface area contributed by atoms with E-state index in [4.69, 9.17) is 0 Å². The van der Waals surface area contributed by atoms with Gasteiger partial charge in [0.1, 0.15) is 0 Å². The number of unbranched alkanes of at least 4 members (excludes halogenated alkanes) is 1. The molecule has 2 aliphatic rings. The van der Waals surface area contributed by atoms with Gasteiger partial charge in [-0.2, -0.15) is 0 Å². The molecule has 0 amide bonds. The second kappa shape index (κ2) is 7.03. The Labute approximate surface area is 107 Å². The van der Waals surface area contributed by atoms with Crippen molar-refractivity contribution in [1.82, 2.24) is 0 Å². The molecule has 96 valence electrons. The van der Waals surface area contributed by atoms with E-state index in [1.165, 1.54) is 64.2 Å². The van der Waals surface area contributed by atoms with Crippen LogP contribution in [0.5, 0.6) is 0 Å². The molecule has 0 aromatic heterocycles. The van der Waals surface area contributed by atoms with Crippen LogP contribution in [-0.2, 0) is 0 Å². The molecule has 0 heteroatoms. The molecule has 0 radical (unpaired) electrons. The van der Waals surface area contributed by atoms with Gasteiger partial charge in [-0.05, 0) is 50.4 Å². The first-order valence-corrected chi connectivity index (χ1v) is 7.78. The van der Waals surface area contributed by atoms with Crippen LogP contribution in [0.15, 0.2) is 23.8 Å². The van der Waals surface area contributed by atoms with Crippen LogP contribution >= 0.6 is 0 Å². The zero-order valence-electron chi connectivity index (χ0n) is 11.5. The Kier molecular flexibility index (Phi) is 5.35. The number of hydrogen-bond acceptors (Lipinski definition) is 0. The van der Waals surface area contributed by atoms with Gasteiger partial charge in [0.05, 0.1) is 0 Å². The maximum absolute atomic E-state index is 2.48. The van der Waals surface area contributed by atoms with Crippen LogP contribution < -0.4 is 0 Å². The highest BCUT2D eigenvalue weighted by Gasteiger charge is 2.28. The summed E-state index contributed by atoms with van der Waals surface area (Å²) in [5, 5.41) is 0. The molecule has 0 aliphatic heterocycles. The van der Waals surface area contributed by atoms with Gasteiger partial charge in [-0.3, -0.25) is 0 Å². The van der Waals surface area contributed by atoms with Gasteiger partial charge in [0.15, 0.2) is 0 Å². The lowest BCUT2D eigenvalue weighted by Crippen LogP contribution is -2.03. The summed E-state index contributed by atoms with van der Waals surface area (Å²) in [6.45, 7) is 2.31. The molecule has 0 aromatic carbocycles. The van der Waals surface area contributed by atoms with Crippen molar-refractivity contribution in [3.63, 3.8) is 0 Å². The molecule has 2 aliphatic carbocycles. The maximum atomic E-state index is 2.48. The fourth-order valence-corrected chi connectivity index (χ4v) is 3.52. The number of rotatable bonds is 3. The monoisotopic (exact) mass is 232 g/mol. The summed E-state index contributed by atoms with van der Waals surface area (Å²) in [6, 6.07) is 0. The van der Waals surface area contributed by atoms with Crippen molar-refractivity contribution in [1.29, 1.82) is 0 Å². The second-order valence-corrected chi connectivity index (χ2v) is 5.85. The summed E-state index contributed by atoms with van der Waals surface area (Å²) < 4.78 is 0. The summed E-state index contributed by atoms with van der Waals surface area (Å²) in [4.78, 5) is 0. The first kappa shape index (κ1) is 12.9. The molecular formula is C17H28. The predicted octanol–water partition coefficient (Wildman–Crippen LogP) is 5.65. The molecule has 2 atom stereocenters. The Bertz CT molecular complexity index is 272. The van der Waals surface area contributed by atoms with Gasteiger partial charge in [0.2, 0.25) is 0 Å². The van der Waals surface area contributed by atoms with Gasteiger partial charge in [0.25, 0.3) is 0 Å². The van der Waals surface area contributed by atoms with Crippen molar-refractivity contribution in [2.45, 2.75) is 71.1 Å². The third-order valence-corrected chi connectivity index (χ3v) is 4.56. The molecule has 2 rings (SSSR count). The van der Waals surface area contributed by atoms with Crippen LogP contribution in [0, 0.1) is 11.8 Å². The smallest absolute Gasteiger partial charge is 0.0197 e. The SMILES string of the molecule is CCCCC1CCC2CCCCC/C=C\C=C\12. The van der Waals surface area contributed by atoms with Crippen molar-refractivity contribution in [3.05, 3.63) is 23.8 Å². The molecule has 0 spiro atoms. The molecule has 0 N–H and O–H groups in total. The lowest BCUT2D eigenvalue weighted by atomic mass is 9.88. The van der Waals surface area contributed by atoms with E-state index in [9.17, 15) is 0 Å². The van der Waals surface area contributed by atoms with Crippen LogP contribution in [0.2, 0.25) is 0 Å². The Hall–Kier alpha value is -0.520. The van der Waals surface area contributed by atoms with Crippen LogP contribution in [0.25, 0.3) is 0 Å². The van der Waals surface area contributed by atoms with Gasteiger partial charge in [-0.25, -0.2) is 0 Å². The average molecular weight is 232 g/mol. The molecule has 0 heterocycles. The zero-order chi connectivity index (χ0) is 11.9. The first-order chi connectivity index (χ1) is 8.42. The number of fused-ring (bicyclic) bond motifs is 1. The molecule has 1 saturated carbocycles. The van der Waals surface area contributed by atoms with Gasteiger partial charge in [-0.15, -0.1) is 0 Å². The predicted molar refractivity (Wildman–Crippen MR) is 76.0 cm³/mol. The van der Waals surface area contributed by atoms with E-state index >= 15 is 0 Å². The third-order valence-electron chi connectivity index (χ3n) is 4.56. The molecule has 0 nitrogen and oxygen atoms in total. The van der Waals surface area contributed by atoms with Crippen molar-refractivity contribution in [2.75, 3.05) is 0 Å². The molecule has 1 fully saturated rings. The largest absolute Gasteiger partial charge is 0.0845 e. The minimum absolute atomic E-state index is 0.920. The van der Waals surface area contributed by atoms with E-state index in [0.717, 1.165) is 11.8 Å². The fourth-order valence-electron chi connectivity index (χ4n) is 3.52. The molecular weight excluding hydrogens is 204 g/mol. The third kappa shape index (κ3) is 3.72. The standard InChI is InChI=1S/C17H28/c1-2-3-10-15-13-14-16-11-8-6-4-5-7-9-12-17(15)16/h7,9,12,15-16H,2-6,8,10-11,13-14H2,1H3/b9-7-,17-12-. The molecule has 17 heavy (non-hydrogen) atoms. The molecule has 0 aromatic rings.